The van der Waals surface area contributed by atoms with Gasteiger partial charge in [-0.05, 0) is 38.5 Å². The zero-order valence-corrected chi connectivity index (χ0v) is 16.0. The Labute approximate surface area is 155 Å². The van der Waals surface area contributed by atoms with Crippen molar-refractivity contribution in [2.75, 3.05) is 38.2 Å². The van der Waals surface area contributed by atoms with Gasteiger partial charge in [-0.2, -0.15) is 0 Å². The normalized spacial score (nSPS) is 15.9. The van der Waals surface area contributed by atoms with Gasteiger partial charge in [0.25, 0.3) is 0 Å². The van der Waals surface area contributed by atoms with E-state index in [2.05, 4.69) is 15.5 Å². The fourth-order valence-corrected chi connectivity index (χ4v) is 2.79. The maximum Gasteiger partial charge on any atom is 0.408 e. The second kappa shape index (κ2) is 8.89. The summed E-state index contributed by atoms with van der Waals surface area (Å²) in [6.45, 7) is 9.23. The average Bonchev–Trinajstić information content (AvgIpc) is 2.60. The number of piperazine rings is 1. The number of nitrogens with zero attached hydrogens (tertiary/aromatic N) is 1. The van der Waals surface area contributed by atoms with Crippen molar-refractivity contribution in [2.24, 2.45) is 0 Å². The Morgan fingerprint density at radius 2 is 1.81 bits per heavy atom. The lowest BCUT2D eigenvalue weighted by molar-refractivity contribution is -0.143. The maximum atomic E-state index is 12.0. The number of hydrogen-bond acceptors (Lipinski definition) is 6. The standard InChI is InChI=1S/C19H29N3O4/c1-19(2,3)26-18(24)21-16(17(23)25-4)13-14-5-7-15(8-6-14)22-11-9-20-10-12-22/h5-8,16,20H,9-13H2,1-4H3,(H,21,24)/t16-/m0/s1. The summed E-state index contributed by atoms with van der Waals surface area (Å²) in [7, 11) is 1.31. The van der Waals surface area contributed by atoms with Gasteiger partial charge in [-0.25, -0.2) is 9.59 Å². The average molecular weight is 363 g/mol. The molecular formula is C19H29N3O4. The van der Waals surface area contributed by atoms with Gasteiger partial charge in [-0.15, -0.1) is 0 Å². The molecule has 1 aliphatic rings. The first-order chi connectivity index (χ1) is 12.3. The first-order valence-corrected chi connectivity index (χ1v) is 8.90. The quantitative estimate of drug-likeness (QED) is 0.775. The Kier molecular flexibility index (Phi) is 6.85. The minimum absolute atomic E-state index is 0.341. The molecule has 1 saturated heterocycles. The van der Waals surface area contributed by atoms with E-state index in [0.717, 1.165) is 37.4 Å². The molecule has 0 bridgehead atoms. The Morgan fingerprint density at radius 3 is 2.35 bits per heavy atom. The third-order valence-electron chi connectivity index (χ3n) is 4.03. The van der Waals surface area contributed by atoms with Gasteiger partial charge in [-0.1, -0.05) is 12.1 Å². The van der Waals surface area contributed by atoms with Crippen LogP contribution in [0.25, 0.3) is 0 Å². The molecule has 1 amide bonds. The number of esters is 1. The Bertz CT molecular complexity index is 604. The van der Waals surface area contributed by atoms with E-state index in [1.807, 2.05) is 24.3 Å². The van der Waals surface area contributed by atoms with E-state index in [-0.39, 0.29) is 0 Å². The first kappa shape index (κ1) is 20.0. The zero-order chi connectivity index (χ0) is 19.2. The third kappa shape index (κ3) is 6.22. The van der Waals surface area contributed by atoms with E-state index < -0.39 is 23.7 Å². The van der Waals surface area contributed by atoms with Crippen LogP contribution >= 0.6 is 0 Å². The van der Waals surface area contributed by atoms with Crippen molar-refractivity contribution in [1.82, 2.24) is 10.6 Å². The molecule has 2 rings (SSSR count). The predicted molar refractivity (Wildman–Crippen MR) is 100 cm³/mol. The van der Waals surface area contributed by atoms with Gasteiger partial charge in [0.2, 0.25) is 0 Å². The van der Waals surface area contributed by atoms with Gasteiger partial charge in [0, 0.05) is 38.3 Å². The monoisotopic (exact) mass is 363 g/mol. The van der Waals surface area contributed by atoms with E-state index in [1.165, 1.54) is 7.11 Å². The maximum absolute atomic E-state index is 12.0. The van der Waals surface area contributed by atoms with Crippen molar-refractivity contribution in [1.29, 1.82) is 0 Å². The molecule has 7 heteroatoms. The van der Waals surface area contributed by atoms with Crippen molar-refractivity contribution in [3.8, 4) is 0 Å². The van der Waals surface area contributed by atoms with Crippen LogP contribution in [0.2, 0.25) is 0 Å². The molecule has 1 atom stereocenters. The highest BCUT2D eigenvalue weighted by Crippen LogP contribution is 2.17. The SMILES string of the molecule is COC(=O)[C@H](Cc1ccc(N2CCNCC2)cc1)NC(=O)OC(C)(C)C. The molecule has 0 saturated carbocycles. The molecule has 2 N–H and O–H groups in total. The molecule has 1 aliphatic heterocycles. The van der Waals surface area contributed by atoms with Gasteiger partial charge in [0.15, 0.2) is 0 Å². The van der Waals surface area contributed by atoms with Gasteiger partial charge in [0.1, 0.15) is 11.6 Å². The number of carbonyl (C=O) groups is 2. The molecule has 1 heterocycles. The van der Waals surface area contributed by atoms with Gasteiger partial charge < -0.3 is 25.0 Å². The van der Waals surface area contributed by atoms with E-state index >= 15 is 0 Å². The van der Waals surface area contributed by atoms with Gasteiger partial charge in [-0.3, -0.25) is 0 Å². The summed E-state index contributed by atoms with van der Waals surface area (Å²) in [5.41, 5.74) is 1.47. The fourth-order valence-electron chi connectivity index (χ4n) is 2.79. The second-order valence-electron chi connectivity index (χ2n) is 7.33. The molecule has 0 aromatic heterocycles. The lowest BCUT2D eigenvalue weighted by Gasteiger charge is -2.29. The van der Waals surface area contributed by atoms with Crippen LogP contribution in [0.1, 0.15) is 26.3 Å². The second-order valence-corrected chi connectivity index (χ2v) is 7.33. The van der Waals surface area contributed by atoms with Crippen molar-refractivity contribution in [3.63, 3.8) is 0 Å². The Morgan fingerprint density at radius 1 is 1.19 bits per heavy atom. The summed E-state index contributed by atoms with van der Waals surface area (Å²) >= 11 is 0. The van der Waals surface area contributed by atoms with Crippen LogP contribution in [0.15, 0.2) is 24.3 Å². The minimum atomic E-state index is -0.792. The summed E-state index contributed by atoms with van der Waals surface area (Å²) in [5, 5.41) is 5.93. The van der Waals surface area contributed by atoms with Crippen LogP contribution in [0.3, 0.4) is 0 Å². The van der Waals surface area contributed by atoms with E-state index in [1.54, 1.807) is 20.8 Å². The number of alkyl carbamates (subject to hydrolysis) is 1. The molecule has 26 heavy (non-hydrogen) atoms. The number of ether oxygens (including phenoxy) is 2. The summed E-state index contributed by atoms with van der Waals surface area (Å²) in [6.07, 6.45) is -0.293. The van der Waals surface area contributed by atoms with Crippen LogP contribution in [0, 0.1) is 0 Å². The number of hydrogen-bond donors (Lipinski definition) is 2. The van der Waals surface area contributed by atoms with Crippen molar-refractivity contribution in [3.05, 3.63) is 29.8 Å². The van der Waals surface area contributed by atoms with Crippen molar-refractivity contribution < 1.29 is 19.1 Å². The summed E-state index contributed by atoms with van der Waals surface area (Å²) in [4.78, 5) is 26.3. The molecule has 144 valence electrons. The van der Waals surface area contributed by atoms with Gasteiger partial charge in [0.05, 0.1) is 7.11 Å². The predicted octanol–water partition coefficient (Wildman–Crippen LogP) is 1.70. The number of nitrogens with one attached hydrogen (secondary N) is 2. The van der Waals surface area contributed by atoms with E-state index in [9.17, 15) is 9.59 Å². The number of amides is 1. The lowest BCUT2D eigenvalue weighted by atomic mass is 10.1. The summed E-state index contributed by atoms with van der Waals surface area (Å²) in [6, 6.07) is 7.25. The fraction of sp³-hybridized carbons (Fsp3) is 0.579. The molecule has 0 spiro atoms. The topological polar surface area (TPSA) is 79.9 Å². The Hall–Kier alpha value is -2.28. The Balaban J connectivity index is 2.00. The molecule has 7 nitrogen and oxygen atoms in total. The van der Waals surface area contributed by atoms with Gasteiger partial charge >= 0.3 is 12.1 Å². The zero-order valence-electron chi connectivity index (χ0n) is 16.0. The molecule has 0 unspecified atom stereocenters. The van der Waals surface area contributed by atoms with Crippen LogP contribution in [0.5, 0.6) is 0 Å². The summed E-state index contributed by atoms with van der Waals surface area (Å²) < 4.78 is 10.0. The number of methoxy groups -OCH3 is 1. The third-order valence-corrected chi connectivity index (χ3v) is 4.03. The van der Waals surface area contributed by atoms with Crippen LogP contribution in [-0.2, 0) is 20.7 Å². The largest absolute Gasteiger partial charge is 0.467 e. The van der Waals surface area contributed by atoms with Crippen LogP contribution in [0.4, 0.5) is 10.5 Å². The highest BCUT2D eigenvalue weighted by Gasteiger charge is 2.25. The molecule has 0 radical (unpaired) electrons. The summed E-state index contributed by atoms with van der Waals surface area (Å²) in [5.74, 6) is -0.498. The lowest BCUT2D eigenvalue weighted by Crippen LogP contribution is -2.45. The molecule has 0 aliphatic carbocycles. The first-order valence-electron chi connectivity index (χ1n) is 8.90. The number of rotatable bonds is 5. The minimum Gasteiger partial charge on any atom is -0.467 e. The highest BCUT2D eigenvalue weighted by atomic mass is 16.6. The van der Waals surface area contributed by atoms with Crippen LogP contribution in [-0.4, -0.2) is 57.0 Å². The smallest absolute Gasteiger partial charge is 0.408 e. The number of carbonyl (C=O) groups excluding carboxylic acids is 2. The number of anilines is 1. The van der Waals surface area contributed by atoms with E-state index in [0.29, 0.717) is 6.42 Å². The molecular weight excluding hydrogens is 334 g/mol. The molecule has 1 aromatic carbocycles. The highest BCUT2D eigenvalue weighted by molar-refractivity contribution is 5.81. The van der Waals surface area contributed by atoms with E-state index in [4.69, 9.17) is 9.47 Å². The van der Waals surface area contributed by atoms with Crippen LogP contribution < -0.4 is 15.5 Å². The molecule has 1 fully saturated rings. The van der Waals surface area contributed by atoms with Crippen molar-refractivity contribution in [2.45, 2.75) is 38.8 Å². The van der Waals surface area contributed by atoms with Crippen molar-refractivity contribution >= 4 is 17.7 Å². The number of benzene rings is 1. The molecule has 1 aromatic rings.